The Labute approximate surface area is 163 Å². The van der Waals surface area contributed by atoms with E-state index >= 15 is 0 Å². The molecule has 0 unspecified atom stereocenters. The van der Waals surface area contributed by atoms with E-state index in [4.69, 9.17) is 4.52 Å². The molecule has 0 aliphatic carbocycles. The van der Waals surface area contributed by atoms with Crippen LogP contribution in [0.1, 0.15) is 27.2 Å². The van der Waals surface area contributed by atoms with Crippen LogP contribution in [0.2, 0.25) is 0 Å². The number of anilines is 1. The van der Waals surface area contributed by atoms with Gasteiger partial charge in [-0.05, 0) is 44.5 Å². The van der Waals surface area contributed by atoms with Crippen LogP contribution in [-0.2, 0) is 0 Å². The second-order valence-electron chi connectivity index (χ2n) is 7.07. The van der Waals surface area contributed by atoms with E-state index < -0.39 is 0 Å². The van der Waals surface area contributed by atoms with Gasteiger partial charge in [-0.1, -0.05) is 47.1 Å². The number of rotatable bonds is 3. The predicted molar refractivity (Wildman–Crippen MR) is 111 cm³/mol. The van der Waals surface area contributed by atoms with Gasteiger partial charge in [-0.25, -0.2) is 4.98 Å². The maximum Gasteiger partial charge on any atom is 0.259 e. The van der Waals surface area contributed by atoms with Gasteiger partial charge < -0.3 is 9.42 Å². The van der Waals surface area contributed by atoms with Crippen molar-refractivity contribution in [2.75, 3.05) is 11.9 Å². The number of pyridine rings is 1. The summed E-state index contributed by atoms with van der Waals surface area (Å²) in [6, 6.07) is 17.7. The minimum atomic E-state index is -0.127. The van der Waals surface area contributed by atoms with Crippen LogP contribution in [0.25, 0.3) is 22.4 Å². The topological polar surface area (TPSA) is 59.2 Å². The Kier molecular flexibility index (Phi) is 4.43. The number of fused-ring (bicyclic) bond motifs is 1. The van der Waals surface area contributed by atoms with Gasteiger partial charge >= 0.3 is 0 Å². The van der Waals surface area contributed by atoms with Gasteiger partial charge in [-0.3, -0.25) is 4.79 Å². The molecule has 0 fully saturated rings. The molecule has 2 aromatic heterocycles. The first-order chi connectivity index (χ1) is 13.4. The molecule has 4 rings (SSSR count). The van der Waals surface area contributed by atoms with Crippen molar-refractivity contribution in [1.29, 1.82) is 0 Å². The van der Waals surface area contributed by atoms with Crippen molar-refractivity contribution in [3.8, 4) is 11.3 Å². The number of carbonyl (C=O) groups is 1. The van der Waals surface area contributed by atoms with Crippen LogP contribution >= 0.6 is 0 Å². The predicted octanol–water partition coefficient (Wildman–Crippen LogP) is 5.09. The van der Waals surface area contributed by atoms with Gasteiger partial charge in [0, 0.05) is 18.3 Å². The summed E-state index contributed by atoms with van der Waals surface area (Å²) in [5.74, 6) is -0.127. The van der Waals surface area contributed by atoms with Crippen molar-refractivity contribution < 1.29 is 9.32 Å². The van der Waals surface area contributed by atoms with Crippen LogP contribution in [-0.4, -0.2) is 23.1 Å². The summed E-state index contributed by atoms with van der Waals surface area (Å²) in [7, 11) is 1.78. The van der Waals surface area contributed by atoms with E-state index in [2.05, 4.69) is 10.1 Å². The largest absolute Gasteiger partial charge is 0.335 e. The standard InChI is InChI=1S/C23H21N3O2/c1-14-8-10-17(11-9-14)20-13-19(21-16(3)25-28-22(21)24-20)23(27)26(4)18-7-5-6-15(2)12-18/h5-13H,1-4H3. The first-order valence-corrected chi connectivity index (χ1v) is 9.13. The third-order valence-corrected chi connectivity index (χ3v) is 4.89. The van der Waals surface area contributed by atoms with Gasteiger partial charge in [0.25, 0.3) is 11.6 Å². The highest BCUT2D eigenvalue weighted by Crippen LogP contribution is 2.29. The Hall–Kier alpha value is -3.47. The maximum atomic E-state index is 13.4. The van der Waals surface area contributed by atoms with Gasteiger partial charge in [-0.15, -0.1) is 0 Å². The van der Waals surface area contributed by atoms with Crippen LogP contribution in [0.5, 0.6) is 0 Å². The molecule has 0 N–H and O–H groups in total. The van der Waals surface area contributed by atoms with Crippen molar-refractivity contribution >= 4 is 22.7 Å². The fraction of sp³-hybridized carbons (Fsp3) is 0.174. The molecule has 5 heteroatoms. The van der Waals surface area contributed by atoms with E-state index in [1.165, 1.54) is 0 Å². The van der Waals surface area contributed by atoms with Crippen LogP contribution < -0.4 is 4.90 Å². The second-order valence-corrected chi connectivity index (χ2v) is 7.07. The maximum absolute atomic E-state index is 13.4. The normalized spacial score (nSPS) is 11.0. The summed E-state index contributed by atoms with van der Waals surface area (Å²) < 4.78 is 5.40. The van der Waals surface area contributed by atoms with E-state index in [0.29, 0.717) is 28.1 Å². The molecule has 4 aromatic rings. The molecule has 5 nitrogen and oxygen atoms in total. The van der Waals surface area contributed by atoms with Crippen LogP contribution in [0, 0.1) is 20.8 Å². The number of aryl methyl sites for hydroxylation is 3. The molecule has 140 valence electrons. The zero-order chi connectivity index (χ0) is 19.8. The fourth-order valence-electron chi connectivity index (χ4n) is 3.27. The van der Waals surface area contributed by atoms with Crippen LogP contribution in [0.15, 0.2) is 59.1 Å². The van der Waals surface area contributed by atoms with Crippen molar-refractivity contribution in [2.45, 2.75) is 20.8 Å². The lowest BCUT2D eigenvalue weighted by atomic mass is 10.0. The average Bonchev–Trinajstić information content (AvgIpc) is 3.07. The van der Waals surface area contributed by atoms with Gasteiger partial charge in [0.15, 0.2) is 0 Å². The Bertz CT molecular complexity index is 1180. The average molecular weight is 371 g/mol. The van der Waals surface area contributed by atoms with Crippen LogP contribution in [0.4, 0.5) is 5.69 Å². The molecule has 28 heavy (non-hydrogen) atoms. The molecule has 0 radical (unpaired) electrons. The van der Waals surface area contributed by atoms with E-state index in [0.717, 1.165) is 22.4 Å². The number of amides is 1. The Balaban J connectivity index is 1.86. The number of carbonyl (C=O) groups excluding carboxylic acids is 1. The Morgan fingerprint density at radius 1 is 0.964 bits per heavy atom. The molecule has 0 aliphatic heterocycles. The van der Waals surface area contributed by atoms with Crippen LogP contribution in [0.3, 0.4) is 0 Å². The highest BCUT2D eigenvalue weighted by molar-refractivity contribution is 6.14. The first kappa shape index (κ1) is 17.9. The summed E-state index contributed by atoms with van der Waals surface area (Å²) in [6.07, 6.45) is 0. The molecule has 0 bridgehead atoms. The lowest BCUT2D eigenvalue weighted by Gasteiger charge is -2.18. The zero-order valence-electron chi connectivity index (χ0n) is 16.4. The molecule has 0 spiro atoms. The minimum absolute atomic E-state index is 0.127. The van der Waals surface area contributed by atoms with Gasteiger partial charge in [0.2, 0.25) is 0 Å². The molecular weight excluding hydrogens is 350 g/mol. The summed E-state index contributed by atoms with van der Waals surface area (Å²) in [5, 5.41) is 4.68. The zero-order valence-corrected chi connectivity index (χ0v) is 16.4. The molecule has 0 saturated carbocycles. The summed E-state index contributed by atoms with van der Waals surface area (Å²) in [6.45, 7) is 5.86. The third kappa shape index (κ3) is 3.16. The number of hydrogen-bond donors (Lipinski definition) is 0. The van der Waals surface area contributed by atoms with Gasteiger partial charge in [0.1, 0.15) is 0 Å². The van der Waals surface area contributed by atoms with Crippen molar-refractivity contribution in [2.24, 2.45) is 0 Å². The summed E-state index contributed by atoms with van der Waals surface area (Å²) >= 11 is 0. The van der Waals surface area contributed by atoms with E-state index in [1.54, 1.807) is 11.9 Å². The van der Waals surface area contributed by atoms with E-state index in [9.17, 15) is 4.79 Å². The molecule has 2 heterocycles. The summed E-state index contributed by atoms with van der Waals surface area (Å²) in [5.41, 5.74) is 6.26. The fourth-order valence-corrected chi connectivity index (χ4v) is 3.27. The van der Waals surface area contributed by atoms with Gasteiger partial charge in [-0.2, -0.15) is 0 Å². The molecule has 2 aromatic carbocycles. The van der Waals surface area contributed by atoms with E-state index in [1.807, 2.05) is 75.4 Å². The Morgan fingerprint density at radius 2 is 1.71 bits per heavy atom. The first-order valence-electron chi connectivity index (χ1n) is 9.13. The number of aromatic nitrogens is 2. The highest BCUT2D eigenvalue weighted by atomic mass is 16.5. The highest BCUT2D eigenvalue weighted by Gasteiger charge is 2.22. The molecule has 0 aliphatic rings. The molecule has 0 saturated heterocycles. The second kappa shape index (κ2) is 6.93. The molecular formula is C23H21N3O2. The summed E-state index contributed by atoms with van der Waals surface area (Å²) in [4.78, 5) is 19.6. The molecule has 1 amide bonds. The quantitative estimate of drug-likeness (QED) is 0.503. The Morgan fingerprint density at radius 3 is 2.43 bits per heavy atom. The smallest absolute Gasteiger partial charge is 0.259 e. The number of nitrogens with zero attached hydrogens (tertiary/aromatic N) is 3. The monoisotopic (exact) mass is 371 g/mol. The minimum Gasteiger partial charge on any atom is -0.335 e. The number of hydrogen-bond acceptors (Lipinski definition) is 4. The number of benzene rings is 2. The van der Waals surface area contributed by atoms with Crippen molar-refractivity contribution in [3.63, 3.8) is 0 Å². The SMILES string of the molecule is Cc1ccc(-c2cc(C(=O)N(C)c3cccc(C)c3)c3c(C)noc3n2)cc1. The van der Waals surface area contributed by atoms with Crippen molar-refractivity contribution in [3.05, 3.63) is 77.0 Å². The lowest BCUT2D eigenvalue weighted by Crippen LogP contribution is -2.26. The van der Waals surface area contributed by atoms with Crippen molar-refractivity contribution in [1.82, 2.24) is 10.1 Å². The van der Waals surface area contributed by atoms with E-state index in [-0.39, 0.29) is 5.91 Å². The lowest BCUT2D eigenvalue weighted by molar-refractivity contribution is 0.0994. The molecule has 0 atom stereocenters. The van der Waals surface area contributed by atoms with Gasteiger partial charge in [0.05, 0.1) is 22.3 Å². The third-order valence-electron chi connectivity index (χ3n) is 4.89.